The highest BCUT2D eigenvalue weighted by Gasteiger charge is 2.51. The van der Waals surface area contributed by atoms with Crippen molar-refractivity contribution in [3.8, 4) is 5.75 Å². The molecule has 0 atom stereocenters. The predicted octanol–water partition coefficient (Wildman–Crippen LogP) is 4.47. The lowest BCUT2D eigenvalue weighted by Crippen LogP contribution is -2.48. The summed E-state index contributed by atoms with van der Waals surface area (Å²) in [7, 11) is 0. The van der Waals surface area contributed by atoms with E-state index in [1.54, 1.807) is 12.1 Å². The normalized spacial score (nSPS) is 32.4. The molecule has 0 aliphatic heterocycles. The number of nitrogens with one attached hydrogen (secondary N) is 2. The van der Waals surface area contributed by atoms with Crippen LogP contribution >= 0.6 is 23.8 Å². The summed E-state index contributed by atoms with van der Waals surface area (Å²) in [6.07, 6.45) is 8.25. The summed E-state index contributed by atoms with van der Waals surface area (Å²) in [5.74, 6) is 2.50. The highest BCUT2D eigenvalue weighted by molar-refractivity contribution is 7.80. The average Bonchev–Trinajstić information content (AvgIpc) is 2.48. The summed E-state index contributed by atoms with van der Waals surface area (Å²) in [6, 6.07) is 4.66. The van der Waals surface area contributed by atoms with Crippen LogP contribution in [0.15, 0.2) is 18.2 Å². The Kier molecular flexibility index (Phi) is 4.40. The number of anilines is 1. The van der Waals surface area contributed by atoms with Gasteiger partial charge in [0.05, 0.1) is 5.69 Å². The van der Waals surface area contributed by atoms with Crippen molar-refractivity contribution in [3.05, 3.63) is 23.2 Å². The molecule has 0 aromatic heterocycles. The summed E-state index contributed by atoms with van der Waals surface area (Å²) in [5.41, 5.74) is 0.583. The van der Waals surface area contributed by atoms with Gasteiger partial charge in [-0.3, -0.25) is 4.79 Å². The maximum Gasteiger partial charge on any atom is 0.226 e. The number of carbonyl (C=O) groups excluding carboxylic acids is 1. The Labute approximate surface area is 158 Å². The fourth-order valence-corrected chi connectivity index (χ4v) is 6.18. The van der Waals surface area contributed by atoms with Crippen molar-refractivity contribution in [2.45, 2.75) is 44.9 Å². The fourth-order valence-electron chi connectivity index (χ4n) is 5.78. The van der Waals surface area contributed by atoms with Crippen LogP contribution in [0.5, 0.6) is 5.75 Å². The number of amides is 1. The van der Waals surface area contributed by atoms with E-state index in [1.807, 2.05) is 0 Å². The zero-order valence-electron chi connectivity index (χ0n) is 14.1. The molecule has 6 heteroatoms. The lowest BCUT2D eigenvalue weighted by Gasteiger charge is -2.56. The molecule has 4 bridgehead atoms. The first kappa shape index (κ1) is 17.1. The van der Waals surface area contributed by atoms with E-state index in [0.29, 0.717) is 17.1 Å². The van der Waals surface area contributed by atoms with E-state index in [9.17, 15) is 9.90 Å². The van der Waals surface area contributed by atoms with E-state index >= 15 is 0 Å². The number of rotatable bonds is 3. The van der Waals surface area contributed by atoms with Crippen LogP contribution in [0.2, 0.25) is 5.02 Å². The Morgan fingerprint density at radius 2 is 1.80 bits per heavy atom. The van der Waals surface area contributed by atoms with Crippen molar-refractivity contribution in [2.24, 2.45) is 23.2 Å². The van der Waals surface area contributed by atoms with Crippen LogP contribution in [-0.2, 0) is 4.79 Å². The van der Waals surface area contributed by atoms with Gasteiger partial charge in [0.1, 0.15) is 5.75 Å². The molecular weight excluding hydrogens is 356 g/mol. The van der Waals surface area contributed by atoms with Crippen molar-refractivity contribution in [3.63, 3.8) is 0 Å². The molecule has 4 aliphatic carbocycles. The number of phenols is 1. The first-order valence-corrected chi connectivity index (χ1v) is 9.79. The Morgan fingerprint density at radius 3 is 2.40 bits per heavy atom. The number of phenolic OH excluding ortho intramolecular Hbond substituents is 1. The van der Waals surface area contributed by atoms with E-state index in [-0.39, 0.29) is 22.2 Å². The van der Waals surface area contributed by atoms with Gasteiger partial charge < -0.3 is 15.7 Å². The second-order valence-corrected chi connectivity index (χ2v) is 9.10. The van der Waals surface area contributed by atoms with Gasteiger partial charge >= 0.3 is 0 Å². The van der Waals surface area contributed by atoms with Crippen molar-refractivity contribution in [2.75, 3.05) is 5.32 Å². The van der Waals surface area contributed by atoms with E-state index in [1.165, 1.54) is 44.6 Å². The van der Waals surface area contributed by atoms with Crippen LogP contribution < -0.4 is 10.6 Å². The number of halogens is 1. The summed E-state index contributed by atoms with van der Waals surface area (Å²) < 4.78 is 0. The van der Waals surface area contributed by atoms with Crippen molar-refractivity contribution >= 4 is 40.5 Å². The molecule has 4 nitrogen and oxygen atoms in total. The van der Waals surface area contributed by atoms with Crippen LogP contribution in [-0.4, -0.2) is 16.1 Å². The first-order valence-electron chi connectivity index (χ1n) is 9.00. The van der Waals surface area contributed by atoms with Gasteiger partial charge in [-0.05, 0) is 92.1 Å². The minimum atomic E-state index is -0.0269. The Hall–Kier alpha value is -1.33. The number of aromatic hydroxyl groups is 1. The maximum absolute atomic E-state index is 12.6. The van der Waals surface area contributed by atoms with Gasteiger partial charge in [0, 0.05) is 11.4 Å². The predicted molar refractivity (Wildman–Crippen MR) is 103 cm³/mol. The first-order chi connectivity index (χ1) is 11.9. The molecule has 0 saturated heterocycles. The molecule has 4 saturated carbocycles. The van der Waals surface area contributed by atoms with Gasteiger partial charge in [-0.2, -0.15) is 0 Å². The summed E-state index contributed by atoms with van der Waals surface area (Å²) in [6.45, 7) is 0. The Balaban J connectivity index is 1.36. The highest BCUT2D eigenvalue weighted by Crippen LogP contribution is 2.61. The van der Waals surface area contributed by atoms with Crippen molar-refractivity contribution in [1.82, 2.24) is 5.32 Å². The van der Waals surface area contributed by atoms with Crippen molar-refractivity contribution in [1.29, 1.82) is 0 Å². The zero-order valence-corrected chi connectivity index (χ0v) is 15.6. The van der Waals surface area contributed by atoms with Gasteiger partial charge in [-0.1, -0.05) is 11.6 Å². The lowest BCUT2D eigenvalue weighted by molar-refractivity contribution is -0.127. The molecule has 134 valence electrons. The van der Waals surface area contributed by atoms with Crippen LogP contribution in [0.25, 0.3) is 0 Å². The minimum Gasteiger partial charge on any atom is -0.506 e. The molecule has 0 spiro atoms. The molecule has 3 N–H and O–H groups in total. The second kappa shape index (κ2) is 6.44. The highest BCUT2D eigenvalue weighted by atomic mass is 35.5. The van der Waals surface area contributed by atoms with E-state index in [0.717, 1.165) is 17.8 Å². The largest absolute Gasteiger partial charge is 0.506 e. The molecule has 0 unspecified atom stereocenters. The number of carbonyl (C=O) groups is 1. The van der Waals surface area contributed by atoms with E-state index < -0.39 is 0 Å². The topological polar surface area (TPSA) is 61.4 Å². The van der Waals surface area contributed by atoms with Crippen LogP contribution in [0.4, 0.5) is 5.69 Å². The molecule has 25 heavy (non-hydrogen) atoms. The number of hydrogen-bond donors (Lipinski definition) is 3. The number of benzene rings is 1. The van der Waals surface area contributed by atoms with Gasteiger partial charge in [0.2, 0.25) is 5.91 Å². The number of hydrogen-bond acceptors (Lipinski definition) is 3. The quantitative estimate of drug-likeness (QED) is 0.536. The Morgan fingerprint density at radius 1 is 1.20 bits per heavy atom. The van der Waals surface area contributed by atoms with E-state index in [2.05, 4.69) is 10.6 Å². The molecule has 4 fully saturated rings. The Bertz CT molecular complexity index is 686. The van der Waals surface area contributed by atoms with Crippen LogP contribution in [0.1, 0.15) is 44.9 Å². The van der Waals surface area contributed by atoms with E-state index in [4.69, 9.17) is 23.8 Å². The minimum absolute atomic E-state index is 0.0269. The van der Waals surface area contributed by atoms with Crippen LogP contribution in [0.3, 0.4) is 0 Å². The summed E-state index contributed by atoms with van der Waals surface area (Å²) in [5, 5.41) is 16.2. The molecule has 1 amide bonds. The third kappa shape index (κ3) is 3.63. The maximum atomic E-state index is 12.6. The molecule has 0 heterocycles. The smallest absolute Gasteiger partial charge is 0.226 e. The molecular formula is C19H23ClN2O2S. The van der Waals surface area contributed by atoms with Gasteiger partial charge in [-0.25, -0.2) is 0 Å². The summed E-state index contributed by atoms with van der Waals surface area (Å²) >= 11 is 11.2. The van der Waals surface area contributed by atoms with Crippen LogP contribution in [0, 0.1) is 23.2 Å². The second-order valence-electron chi connectivity index (χ2n) is 8.26. The molecule has 1 aromatic rings. The third-order valence-corrected chi connectivity index (χ3v) is 6.60. The standard InChI is InChI=1S/C19H23ClN2O2S/c20-14-1-2-16(23)15(6-14)21-18(25)22-17(24)10-19-7-11-3-12(8-19)5-13(4-11)9-19/h1-2,6,11-13,23H,3-5,7-10H2,(H2,21,22,24,25). The monoisotopic (exact) mass is 378 g/mol. The molecule has 4 aliphatic rings. The van der Waals surface area contributed by atoms with Crippen molar-refractivity contribution < 1.29 is 9.90 Å². The molecule has 0 radical (unpaired) electrons. The zero-order chi connectivity index (χ0) is 17.6. The number of thiocarbonyl (C=S) groups is 1. The summed E-state index contributed by atoms with van der Waals surface area (Å²) in [4.78, 5) is 12.6. The third-order valence-electron chi connectivity index (χ3n) is 6.16. The molecule has 5 rings (SSSR count). The lowest BCUT2D eigenvalue weighted by atomic mass is 9.49. The van der Waals surface area contributed by atoms with Gasteiger partial charge in [-0.15, -0.1) is 0 Å². The van der Waals surface area contributed by atoms with Gasteiger partial charge in [0.15, 0.2) is 5.11 Å². The molecule has 1 aromatic carbocycles. The SMILES string of the molecule is O=C(CC12CC3CC(CC(C3)C1)C2)NC(=S)Nc1cc(Cl)ccc1O. The fraction of sp³-hybridized carbons (Fsp3) is 0.579. The average molecular weight is 379 g/mol. The van der Waals surface area contributed by atoms with Gasteiger partial charge in [0.25, 0.3) is 0 Å².